The predicted molar refractivity (Wildman–Crippen MR) is 80.6 cm³/mol. The summed E-state index contributed by atoms with van der Waals surface area (Å²) in [4.78, 5) is 11.7. The van der Waals surface area contributed by atoms with E-state index in [-0.39, 0.29) is 17.3 Å². The van der Waals surface area contributed by atoms with Gasteiger partial charge in [0.15, 0.2) is 0 Å². The monoisotopic (exact) mass is 317 g/mol. The van der Waals surface area contributed by atoms with E-state index in [1.54, 1.807) is 23.9 Å². The van der Waals surface area contributed by atoms with Crippen molar-refractivity contribution in [1.29, 1.82) is 0 Å². The van der Waals surface area contributed by atoms with Crippen LogP contribution >= 0.6 is 11.8 Å². The van der Waals surface area contributed by atoms with Gasteiger partial charge in [-0.1, -0.05) is 12.1 Å². The van der Waals surface area contributed by atoms with Gasteiger partial charge in [0.2, 0.25) is 15.9 Å². The zero-order chi connectivity index (χ0) is 15.2. The standard InChI is InChI=1S/C12H19N3O3S2/c1-19-6-5-11(13)12(16)15-8-9-3-2-4-10(7-9)20(14,17)18/h2-4,7,11H,5-6,8,13H2,1H3,(H,15,16)(H2,14,17,18)/t11-/m1/s1. The molecule has 8 heteroatoms. The van der Waals surface area contributed by atoms with Crippen LogP contribution in [-0.2, 0) is 21.4 Å². The van der Waals surface area contributed by atoms with Crippen molar-refractivity contribution in [2.24, 2.45) is 10.9 Å². The van der Waals surface area contributed by atoms with E-state index in [0.717, 1.165) is 5.75 Å². The SMILES string of the molecule is CSCC[C@@H](N)C(=O)NCc1cccc(S(N)(=O)=O)c1. The van der Waals surface area contributed by atoms with E-state index < -0.39 is 16.1 Å². The van der Waals surface area contributed by atoms with Crippen LogP contribution in [0.1, 0.15) is 12.0 Å². The molecule has 0 saturated carbocycles. The van der Waals surface area contributed by atoms with Crippen LogP contribution in [-0.4, -0.2) is 32.4 Å². The summed E-state index contributed by atoms with van der Waals surface area (Å²) in [7, 11) is -3.73. The van der Waals surface area contributed by atoms with Gasteiger partial charge in [0.25, 0.3) is 0 Å². The molecule has 0 radical (unpaired) electrons. The Morgan fingerprint density at radius 1 is 1.45 bits per heavy atom. The van der Waals surface area contributed by atoms with Gasteiger partial charge in [-0.3, -0.25) is 4.79 Å². The van der Waals surface area contributed by atoms with Crippen molar-refractivity contribution < 1.29 is 13.2 Å². The number of hydrogen-bond donors (Lipinski definition) is 3. The van der Waals surface area contributed by atoms with Crippen LogP contribution in [0.25, 0.3) is 0 Å². The van der Waals surface area contributed by atoms with E-state index in [0.29, 0.717) is 12.0 Å². The molecule has 1 atom stereocenters. The molecule has 0 fully saturated rings. The number of rotatable bonds is 7. The highest BCUT2D eigenvalue weighted by Crippen LogP contribution is 2.09. The van der Waals surface area contributed by atoms with Crippen molar-refractivity contribution in [3.05, 3.63) is 29.8 Å². The fourth-order valence-electron chi connectivity index (χ4n) is 1.53. The van der Waals surface area contributed by atoms with E-state index in [9.17, 15) is 13.2 Å². The minimum atomic E-state index is -3.73. The van der Waals surface area contributed by atoms with E-state index >= 15 is 0 Å². The lowest BCUT2D eigenvalue weighted by molar-refractivity contribution is -0.122. The molecule has 1 aromatic rings. The van der Waals surface area contributed by atoms with Gasteiger partial charge in [-0.25, -0.2) is 13.6 Å². The molecule has 20 heavy (non-hydrogen) atoms. The summed E-state index contributed by atoms with van der Waals surface area (Å²) in [5.41, 5.74) is 6.38. The van der Waals surface area contributed by atoms with Gasteiger partial charge < -0.3 is 11.1 Å². The number of carbonyl (C=O) groups is 1. The van der Waals surface area contributed by atoms with Gasteiger partial charge in [0.1, 0.15) is 0 Å². The van der Waals surface area contributed by atoms with Crippen molar-refractivity contribution in [3.8, 4) is 0 Å². The van der Waals surface area contributed by atoms with Crippen molar-refractivity contribution in [3.63, 3.8) is 0 Å². The van der Waals surface area contributed by atoms with Crippen molar-refractivity contribution >= 4 is 27.7 Å². The highest BCUT2D eigenvalue weighted by molar-refractivity contribution is 7.98. The maximum atomic E-state index is 11.7. The summed E-state index contributed by atoms with van der Waals surface area (Å²) in [5, 5.41) is 7.72. The summed E-state index contributed by atoms with van der Waals surface area (Å²) in [6.45, 7) is 0.217. The minimum Gasteiger partial charge on any atom is -0.351 e. The molecule has 0 unspecified atom stereocenters. The Labute approximate surface area is 123 Å². The molecule has 1 amide bonds. The molecule has 0 heterocycles. The normalized spacial score (nSPS) is 12.9. The van der Waals surface area contributed by atoms with Crippen LogP contribution in [0.3, 0.4) is 0 Å². The number of benzene rings is 1. The van der Waals surface area contributed by atoms with Gasteiger partial charge in [-0.2, -0.15) is 11.8 Å². The number of thioether (sulfide) groups is 1. The van der Waals surface area contributed by atoms with E-state index in [1.165, 1.54) is 12.1 Å². The lowest BCUT2D eigenvalue weighted by Gasteiger charge is -2.12. The van der Waals surface area contributed by atoms with Gasteiger partial charge in [-0.05, 0) is 36.1 Å². The fraction of sp³-hybridized carbons (Fsp3) is 0.417. The molecule has 0 aliphatic carbocycles. The first-order valence-electron chi connectivity index (χ1n) is 5.98. The van der Waals surface area contributed by atoms with E-state index in [2.05, 4.69) is 5.32 Å². The second-order valence-corrected chi connectivity index (χ2v) is 6.85. The lowest BCUT2D eigenvalue weighted by atomic mass is 10.2. The molecule has 0 aliphatic heterocycles. The number of carbonyl (C=O) groups excluding carboxylic acids is 1. The highest BCUT2D eigenvalue weighted by atomic mass is 32.2. The first kappa shape index (κ1) is 17.0. The van der Waals surface area contributed by atoms with Crippen molar-refractivity contribution in [1.82, 2.24) is 5.32 Å². The van der Waals surface area contributed by atoms with Gasteiger partial charge in [0.05, 0.1) is 10.9 Å². The molecule has 1 rings (SSSR count). The second-order valence-electron chi connectivity index (χ2n) is 4.30. The quantitative estimate of drug-likeness (QED) is 0.656. The third-order valence-corrected chi connectivity index (χ3v) is 4.22. The van der Waals surface area contributed by atoms with Gasteiger partial charge in [-0.15, -0.1) is 0 Å². The Balaban J connectivity index is 2.60. The number of amides is 1. The van der Waals surface area contributed by atoms with E-state index in [1.807, 2.05) is 6.26 Å². The third-order valence-electron chi connectivity index (χ3n) is 2.66. The van der Waals surface area contributed by atoms with Crippen LogP contribution in [0.5, 0.6) is 0 Å². The van der Waals surface area contributed by atoms with Crippen LogP contribution in [0, 0.1) is 0 Å². The smallest absolute Gasteiger partial charge is 0.238 e. The fourth-order valence-corrected chi connectivity index (χ4v) is 2.60. The summed E-state index contributed by atoms with van der Waals surface area (Å²) in [6.07, 6.45) is 2.55. The van der Waals surface area contributed by atoms with Crippen LogP contribution < -0.4 is 16.2 Å². The van der Waals surface area contributed by atoms with Gasteiger partial charge in [0, 0.05) is 6.54 Å². The number of sulfonamides is 1. The third kappa shape index (κ3) is 5.49. The molecule has 0 aromatic heterocycles. The van der Waals surface area contributed by atoms with Crippen LogP contribution in [0.4, 0.5) is 0 Å². The molecular weight excluding hydrogens is 298 g/mol. The summed E-state index contributed by atoms with van der Waals surface area (Å²) >= 11 is 1.63. The molecule has 5 N–H and O–H groups in total. The number of nitrogens with one attached hydrogen (secondary N) is 1. The Hall–Kier alpha value is -1.09. The molecule has 0 saturated heterocycles. The molecule has 112 valence electrons. The average Bonchev–Trinajstić information content (AvgIpc) is 2.41. The van der Waals surface area contributed by atoms with Gasteiger partial charge >= 0.3 is 0 Å². The van der Waals surface area contributed by atoms with Crippen molar-refractivity contribution in [2.75, 3.05) is 12.0 Å². The molecule has 0 aliphatic rings. The maximum absolute atomic E-state index is 11.7. The summed E-state index contributed by atoms with van der Waals surface area (Å²) < 4.78 is 22.4. The van der Waals surface area contributed by atoms with Crippen molar-refractivity contribution in [2.45, 2.75) is 23.9 Å². The lowest BCUT2D eigenvalue weighted by Crippen LogP contribution is -2.40. The first-order valence-corrected chi connectivity index (χ1v) is 8.92. The molecule has 6 nitrogen and oxygen atoms in total. The second kappa shape index (κ2) is 7.63. The minimum absolute atomic E-state index is 0.0240. The summed E-state index contributed by atoms with van der Waals surface area (Å²) in [5.74, 6) is 0.565. The molecule has 0 spiro atoms. The topological polar surface area (TPSA) is 115 Å². The number of nitrogens with two attached hydrogens (primary N) is 2. The Morgan fingerprint density at radius 2 is 2.15 bits per heavy atom. The molecule has 1 aromatic carbocycles. The van der Waals surface area contributed by atoms with E-state index in [4.69, 9.17) is 10.9 Å². The van der Waals surface area contributed by atoms with Crippen LogP contribution in [0.15, 0.2) is 29.2 Å². The Morgan fingerprint density at radius 3 is 2.75 bits per heavy atom. The molecular formula is C12H19N3O3S2. The Bertz CT molecular complexity index is 561. The predicted octanol–water partition coefficient (Wildman–Crippen LogP) is 0.0306. The molecule has 0 bridgehead atoms. The maximum Gasteiger partial charge on any atom is 0.238 e. The number of hydrogen-bond acceptors (Lipinski definition) is 5. The van der Waals surface area contributed by atoms with Crippen LogP contribution in [0.2, 0.25) is 0 Å². The largest absolute Gasteiger partial charge is 0.351 e. The zero-order valence-corrected chi connectivity index (χ0v) is 12.8. The highest BCUT2D eigenvalue weighted by Gasteiger charge is 2.13. The average molecular weight is 317 g/mol. The summed E-state index contributed by atoms with van der Waals surface area (Å²) in [6, 6.07) is 5.58. The first-order chi connectivity index (χ1) is 9.34. The number of primary sulfonamides is 1. The Kier molecular flexibility index (Phi) is 6.47. The zero-order valence-electron chi connectivity index (χ0n) is 11.2.